The Morgan fingerprint density at radius 3 is 2.95 bits per heavy atom. The molecule has 2 atom stereocenters. The Bertz CT molecular complexity index is 555. The molecule has 4 heteroatoms. The number of thiophene rings is 1. The van der Waals surface area contributed by atoms with Gasteiger partial charge in [0.05, 0.1) is 10.8 Å². The second kappa shape index (κ2) is 7.34. The number of fused-ring (bicyclic) bond motifs is 1. The Balaban J connectivity index is 1.42. The molecule has 2 nitrogen and oxygen atoms in total. The smallest absolute Gasteiger partial charge is 0.119 e. The molecule has 3 rings (SSSR count). The molecule has 0 aliphatic carbocycles. The minimum absolute atomic E-state index is 0.513. The van der Waals surface area contributed by atoms with Crippen LogP contribution < -0.4 is 10.1 Å². The maximum Gasteiger partial charge on any atom is 0.119 e. The first-order chi connectivity index (χ1) is 10.3. The van der Waals surface area contributed by atoms with Crippen molar-refractivity contribution in [2.45, 2.75) is 35.3 Å². The number of nitrogens with one attached hydrogen (secondary N) is 1. The average Bonchev–Trinajstić information content (AvgIpc) is 2.96. The standard InChI is InChI=1S/C17H21NOS2/c1-13-12-16(15-8-11-20-17(15)21-13)18-9-5-10-19-14-6-3-2-4-7-14/h2-4,6-8,11,13,16,18H,5,9-10,12H2,1H3/t13-,16?/m0/s1. The van der Waals surface area contributed by atoms with Crippen LogP contribution in [0.3, 0.4) is 0 Å². The highest BCUT2D eigenvalue weighted by atomic mass is 32.2. The van der Waals surface area contributed by atoms with Crippen LogP contribution >= 0.6 is 23.1 Å². The lowest BCUT2D eigenvalue weighted by Gasteiger charge is -2.27. The summed E-state index contributed by atoms with van der Waals surface area (Å²) < 4.78 is 7.22. The zero-order valence-corrected chi connectivity index (χ0v) is 13.9. The number of thioether (sulfide) groups is 1. The SMILES string of the molecule is C[C@H]1CC(NCCCOc2ccccc2)c2ccsc2S1. The van der Waals surface area contributed by atoms with E-state index >= 15 is 0 Å². The van der Waals surface area contributed by atoms with E-state index < -0.39 is 0 Å². The molecule has 1 unspecified atom stereocenters. The van der Waals surface area contributed by atoms with E-state index in [-0.39, 0.29) is 0 Å². The lowest BCUT2D eigenvalue weighted by Crippen LogP contribution is -2.28. The zero-order chi connectivity index (χ0) is 14.5. The Kier molecular flexibility index (Phi) is 5.22. The number of hydrogen-bond donors (Lipinski definition) is 1. The molecule has 1 aliphatic rings. The monoisotopic (exact) mass is 319 g/mol. The molecule has 0 saturated carbocycles. The Morgan fingerprint density at radius 1 is 1.24 bits per heavy atom. The molecule has 21 heavy (non-hydrogen) atoms. The van der Waals surface area contributed by atoms with Gasteiger partial charge in [-0.2, -0.15) is 0 Å². The Hall–Kier alpha value is -0.970. The molecular weight excluding hydrogens is 298 g/mol. The van der Waals surface area contributed by atoms with Gasteiger partial charge in [-0.05, 0) is 48.5 Å². The Labute approximate surface area is 134 Å². The van der Waals surface area contributed by atoms with Crippen molar-refractivity contribution in [2.75, 3.05) is 13.2 Å². The van der Waals surface area contributed by atoms with Crippen LogP contribution in [0.5, 0.6) is 5.75 Å². The zero-order valence-electron chi connectivity index (χ0n) is 12.2. The molecule has 0 spiro atoms. The molecule has 0 saturated heterocycles. The molecule has 0 amide bonds. The van der Waals surface area contributed by atoms with E-state index in [2.05, 4.69) is 23.7 Å². The van der Waals surface area contributed by atoms with Crippen LogP contribution in [0.15, 0.2) is 46.0 Å². The molecule has 2 aromatic rings. The summed E-state index contributed by atoms with van der Waals surface area (Å²) in [6.07, 6.45) is 2.25. The minimum atomic E-state index is 0.513. The first-order valence-corrected chi connectivity index (χ1v) is 9.24. The number of benzene rings is 1. The second-order valence-corrected chi connectivity index (χ2v) is 7.97. The van der Waals surface area contributed by atoms with Crippen molar-refractivity contribution < 1.29 is 4.74 Å². The van der Waals surface area contributed by atoms with E-state index in [4.69, 9.17) is 4.74 Å². The summed E-state index contributed by atoms with van der Waals surface area (Å²) in [4.78, 5) is 0. The van der Waals surface area contributed by atoms with E-state index in [1.54, 1.807) is 0 Å². The highest BCUT2D eigenvalue weighted by Gasteiger charge is 2.25. The van der Waals surface area contributed by atoms with Crippen molar-refractivity contribution in [1.29, 1.82) is 0 Å². The van der Waals surface area contributed by atoms with Crippen LogP contribution in [0, 0.1) is 0 Å². The van der Waals surface area contributed by atoms with Gasteiger partial charge in [0.1, 0.15) is 5.75 Å². The van der Waals surface area contributed by atoms with Gasteiger partial charge in [-0.1, -0.05) is 25.1 Å². The topological polar surface area (TPSA) is 21.3 Å². The summed E-state index contributed by atoms with van der Waals surface area (Å²) in [7, 11) is 0. The molecule has 0 fully saturated rings. The van der Waals surface area contributed by atoms with Crippen molar-refractivity contribution in [1.82, 2.24) is 5.32 Å². The third-order valence-electron chi connectivity index (χ3n) is 3.63. The molecule has 0 bridgehead atoms. The van der Waals surface area contributed by atoms with E-state index in [9.17, 15) is 0 Å². The van der Waals surface area contributed by atoms with Crippen LogP contribution in [0.25, 0.3) is 0 Å². The molecule has 112 valence electrons. The molecule has 2 heterocycles. The lowest BCUT2D eigenvalue weighted by molar-refractivity contribution is 0.303. The van der Waals surface area contributed by atoms with Crippen LogP contribution in [-0.4, -0.2) is 18.4 Å². The number of hydrogen-bond acceptors (Lipinski definition) is 4. The Morgan fingerprint density at radius 2 is 2.10 bits per heavy atom. The maximum absolute atomic E-state index is 5.73. The first-order valence-electron chi connectivity index (χ1n) is 7.48. The summed E-state index contributed by atoms with van der Waals surface area (Å²) in [5.41, 5.74) is 1.49. The van der Waals surface area contributed by atoms with E-state index in [1.807, 2.05) is 53.4 Å². The fraction of sp³-hybridized carbons (Fsp3) is 0.412. The predicted molar refractivity (Wildman–Crippen MR) is 91.6 cm³/mol. The quantitative estimate of drug-likeness (QED) is 0.778. The minimum Gasteiger partial charge on any atom is -0.494 e. The van der Waals surface area contributed by atoms with Crippen LogP contribution in [0.2, 0.25) is 0 Å². The molecule has 1 aliphatic heterocycles. The molecule has 1 N–H and O–H groups in total. The number of ether oxygens (including phenoxy) is 1. The maximum atomic E-state index is 5.73. The van der Waals surface area contributed by atoms with E-state index in [0.29, 0.717) is 11.3 Å². The highest BCUT2D eigenvalue weighted by molar-refractivity contribution is 8.01. The largest absolute Gasteiger partial charge is 0.494 e. The van der Waals surface area contributed by atoms with Crippen molar-refractivity contribution in [3.05, 3.63) is 47.3 Å². The summed E-state index contributed by atoms with van der Waals surface area (Å²) in [5.74, 6) is 0.959. The van der Waals surface area contributed by atoms with E-state index in [1.165, 1.54) is 16.2 Å². The molecule has 0 radical (unpaired) electrons. The average molecular weight is 319 g/mol. The summed E-state index contributed by atoms with van der Waals surface area (Å²) in [6, 6.07) is 12.8. The fourth-order valence-corrected chi connectivity index (χ4v) is 5.16. The van der Waals surface area contributed by atoms with Crippen molar-refractivity contribution >= 4 is 23.1 Å². The van der Waals surface area contributed by atoms with Gasteiger partial charge >= 0.3 is 0 Å². The summed E-state index contributed by atoms with van der Waals surface area (Å²) in [5, 5.41) is 6.61. The fourth-order valence-electron chi connectivity index (χ4n) is 2.60. The molecule has 1 aromatic heterocycles. The number of rotatable bonds is 6. The highest BCUT2D eigenvalue weighted by Crippen LogP contribution is 2.43. The third kappa shape index (κ3) is 4.02. The first kappa shape index (κ1) is 14.9. The lowest BCUT2D eigenvalue weighted by atomic mass is 10.0. The van der Waals surface area contributed by atoms with Gasteiger partial charge in [-0.25, -0.2) is 0 Å². The molecular formula is C17H21NOS2. The van der Waals surface area contributed by atoms with Gasteiger partial charge in [0.2, 0.25) is 0 Å². The van der Waals surface area contributed by atoms with Gasteiger partial charge in [0.25, 0.3) is 0 Å². The summed E-state index contributed by atoms with van der Waals surface area (Å²) >= 11 is 3.89. The van der Waals surface area contributed by atoms with Crippen LogP contribution in [0.1, 0.15) is 31.4 Å². The number of para-hydroxylation sites is 1. The second-order valence-electron chi connectivity index (χ2n) is 5.35. The normalized spacial score (nSPS) is 21.0. The van der Waals surface area contributed by atoms with Crippen LogP contribution in [-0.2, 0) is 0 Å². The third-order valence-corrected chi connectivity index (χ3v) is 5.98. The summed E-state index contributed by atoms with van der Waals surface area (Å²) in [6.45, 7) is 4.09. The van der Waals surface area contributed by atoms with Crippen molar-refractivity contribution in [3.8, 4) is 5.75 Å². The van der Waals surface area contributed by atoms with Gasteiger partial charge < -0.3 is 10.1 Å². The molecule has 1 aromatic carbocycles. The van der Waals surface area contributed by atoms with Crippen molar-refractivity contribution in [3.63, 3.8) is 0 Å². The van der Waals surface area contributed by atoms with Gasteiger partial charge in [0.15, 0.2) is 0 Å². The van der Waals surface area contributed by atoms with E-state index in [0.717, 1.165) is 25.3 Å². The van der Waals surface area contributed by atoms with Gasteiger partial charge in [-0.15, -0.1) is 23.1 Å². The van der Waals surface area contributed by atoms with Gasteiger partial charge in [-0.3, -0.25) is 0 Å². The van der Waals surface area contributed by atoms with Crippen molar-refractivity contribution in [2.24, 2.45) is 0 Å². The predicted octanol–water partition coefficient (Wildman–Crippen LogP) is 4.73. The van der Waals surface area contributed by atoms with Gasteiger partial charge in [0, 0.05) is 11.3 Å². The van der Waals surface area contributed by atoms with Crippen LogP contribution in [0.4, 0.5) is 0 Å².